The molecule has 7 nitrogen and oxygen atoms in total. The molecule has 3 aromatic carbocycles. The number of ether oxygens (including phenoxy) is 1. The van der Waals surface area contributed by atoms with Crippen LogP contribution in [0.1, 0.15) is 11.7 Å². The number of hydrogen-bond acceptors (Lipinski definition) is 5. The Morgan fingerprint density at radius 3 is 2.58 bits per heavy atom. The summed E-state index contributed by atoms with van der Waals surface area (Å²) in [5.41, 5.74) is 3.01. The van der Waals surface area contributed by atoms with Gasteiger partial charge < -0.3 is 20.1 Å². The first-order valence-electron chi connectivity index (χ1n) is 9.99. The highest BCUT2D eigenvalue weighted by molar-refractivity contribution is 7.92. The van der Waals surface area contributed by atoms with Gasteiger partial charge in [0.05, 0.1) is 23.6 Å². The molecule has 1 heterocycles. The predicted octanol–water partition coefficient (Wildman–Crippen LogP) is 3.39. The maximum absolute atomic E-state index is 11.5. The number of aromatic nitrogens is 1. The molecule has 0 spiro atoms. The van der Waals surface area contributed by atoms with E-state index in [2.05, 4.69) is 27.2 Å². The molecule has 0 amide bonds. The number of benzene rings is 3. The second kappa shape index (κ2) is 8.97. The molecule has 0 bridgehead atoms. The lowest BCUT2D eigenvalue weighted by molar-refractivity contribution is 0.172. The van der Waals surface area contributed by atoms with Crippen molar-refractivity contribution in [3.05, 3.63) is 72.3 Å². The molecular formula is C23H25N3O4S. The van der Waals surface area contributed by atoms with Gasteiger partial charge in [-0.1, -0.05) is 36.4 Å². The van der Waals surface area contributed by atoms with Gasteiger partial charge in [0.1, 0.15) is 12.4 Å². The Labute approximate surface area is 181 Å². The summed E-state index contributed by atoms with van der Waals surface area (Å²) in [6.45, 7) is 1.23. The highest BCUT2D eigenvalue weighted by Crippen LogP contribution is 2.28. The van der Waals surface area contributed by atoms with Crippen LogP contribution < -0.4 is 14.8 Å². The molecule has 8 heteroatoms. The molecule has 31 heavy (non-hydrogen) atoms. The van der Waals surface area contributed by atoms with E-state index in [0.717, 1.165) is 28.4 Å². The fourth-order valence-corrected chi connectivity index (χ4v) is 4.18. The number of nitrogens with one attached hydrogen (secondary N) is 3. The van der Waals surface area contributed by atoms with E-state index < -0.39 is 16.1 Å². The Balaban J connectivity index is 1.30. The van der Waals surface area contributed by atoms with Crippen LogP contribution in [0.15, 0.2) is 66.7 Å². The average Bonchev–Trinajstić information content (AvgIpc) is 3.10. The van der Waals surface area contributed by atoms with Gasteiger partial charge in [-0.3, -0.25) is 4.72 Å². The van der Waals surface area contributed by atoms with E-state index in [-0.39, 0.29) is 6.54 Å². The number of aliphatic hydroxyl groups excluding tert-OH is 1. The smallest absolute Gasteiger partial charge is 0.229 e. The van der Waals surface area contributed by atoms with Gasteiger partial charge in [-0.25, -0.2) is 8.42 Å². The molecular weight excluding hydrogens is 414 g/mol. The van der Waals surface area contributed by atoms with Gasteiger partial charge in [0, 0.05) is 41.0 Å². The maximum atomic E-state index is 11.5. The van der Waals surface area contributed by atoms with Crippen LogP contribution in [0.5, 0.6) is 5.75 Å². The molecule has 4 aromatic rings. The summed E-state index contributed by atoms with van der Waals surface area (Å²) in [5, 5.41) is 15.9. The number of rotatable bonds is 9. The van der Waals surface area contributed by atoms with Crippen molar-refractivity contribution < 1.29 is 18.3 Å². The molecule has 4 rings (SSSR count). The summed E-state index contributed by atoms with van der Waals surface area (Å²) in [6.07, 6.45) is 0.229. The normalized spacial score (nSPS) is 12.8. The molecule has 0 radical (unpaired) electrons. The van der Waals surface area contributed by atoms with Gasteiger partial charge in [0.2, 0.25) is 10.0 Å². The van der Waals surface area contributed by atoms with Crippen molar-refractivity contribution in [1.82, 2.24) is 10.3 Å². The second-order valence-electron chi connectivity index (χ2n) is 7.41. The first-order chi connectivity index (χ1) is 14.9. The summed E-state index contributed by atoms with van der Waals surface area (Å²) in [5.74, 6) is 0.768. The SMILES string of the molecule is CS(=O)(=O)Nc1ccccc1C(O)CNCCOc1ccc2c(c1)[nH]c1ccccc12. The van der Waals surface area contributed by atoms with Crippen molar-refractivity contribution in [3.8, 4) is 5.75 Å². The van der Waals surface area contributed by atoms with Crippen LogP contribution >= 0.6 is 0 Å². The topological polar surface area (TPSA) is 103 Å². The molecule has 0 fully saturated rings. The number of anilines is 1. The van der Waals surface area contributed by atoms with Crippen molar-refractivity contribution in [2.75, 3.05) is 30.7 Å². The number of fused-ring (bicyclic) bond motifs is 3. The Kier molecular flexibility index (Phi) is 6.13. The van der Waals surface area contributed by atoms with E-state index >= 15 is 0 Å². The van der Waals surface area contributed by atoms with Crippen molar-refractivity contribution in [2.24, 2.45) is 0 Å². The quantitative estimate of drug-likeness (QED) is 0.299. The average molecular weight is 440 g/mol. The highest BCUT2D eigenvalue weighted by Gasteiger charge is 2.14. The minimum absolute atomic E-state index is 0.271. The molecule has 1 atom stereocenters. The molecule has 4 N–H and O–H groups in total. The zero-order valence-electron chi connectivity index (χ0n) is 17.1. The van der Waals surface area contributed by atoms with Crippen LogP contribution in [0, 0.1) is 0 Å². The van der Waals surface area contributed by atoms with E-state index in [9.17, 15) is 13.5 Å². The summed E-state index contributed by atoms with van der Waals surface area (Å²) < 4.78 is 31.3. The van der Waals surface area contributed by atoms with Crippen LogP contribution in [0.3, 0.4) is 0 Å². The predicted molar refractivity (Wildman–Crippen MR) is 124 cm³/mol. The number of hydrogen-bond donors (Lipinski definition) is 4. The summed E-state index contributed by atoms with van der Waals surface area (Å²) >= 11 is 0. The van der Waals surface area contributed by atoms with Crippen molar-refractivity contribution >= 4 is 37.5 Å². The molecule has 162 valence electrons. The zero-order chi connectivity index (χ0) is 21.8. The maximum Gasteiger partial charge on any atom is 0.229 e. The zero-order valence-corrected chi connectivity index (χ0v) is 17.9. The van der Waals surface area contributed by atoms with E-state index in [1.54, 1.807) is 24.3 Å². The third kappa shape index (κ3) is 5.16. The first kappa shape index (κ1) is 21.2. The van der Waals surface area contributed by atoms with E-state index in [0.29, 0.717) is 24.4 Å². The molecule has 1 aromatic heterocycles. The Bertz CT molecular complexity index is 1300. The van der Waals surface area contributed by atoms with Gasteiger partial charge >= 0.3 is 0 Å². The lowest BCUT2D eigenvalue weighted by Gasteiger charge is -2.17. The standard InChI is InChI=1S/C23H25N3O4S/c1-31(28,29)26-21-9-5-3-7-19(21)23(27)15-24-12-13-30-16-10-11-18-17-6-2-4-8-20(17)25-22(18)14-16/h2-11,14,23-27H,12-13,15H2,1H3. The Morgan fingerprint density at radius 2 is 1.74 bits per heavy atom. The highest BCUT2D eigenvalue weighted by atomic mass is 32.2. The minimum Gasteiger partial charge on any atom is -0.492 e. The van der Waals surface area contributed by atoms with E-state index in [1.165, 1.54) is 5.39 Å². The van der Waals surface area contributed by atoms with Crippen LogP contribution in [-0.2, 0) is 10.0 Å². The van der Waals surface area contributed by atoms with Gasteiger partial charge in [-0.15, -0.1) is 0 Å². The van der Waals surface area contributed by atoms with Gasteiger partial charge in [0.25, 0.3) is 0 Å². The summed E-state index contributed by atoms with van der Waals surface area (Å²) in [6, 6.07) is 21.0. The van der Waals surface area contributed by atoms with Crippen LogP contribution in [0.4, 0.5) is 5.69 Å². The van der Waals surface area contributed by atoms with Crippen molar-refractivity contribution in [3.63, 3.8) is 0 Å². The van der Waals surface area contributed by atoms with Crippen LogP contribution in [0.2, 0.25) is 0 Å². The van der Waals surface area contributed by atoms with Gasteiger partial charge in [-0.2, -0.15) is 0 Å². The lowest BCUT2D eigenvalue weighted by atomic mass is 10.1. The number of H-pyrrole nitrogens is 1. The minimum atomic E-state index is -3.42. The largest absolute Gasteiger partial charge is 0.492 e. The van der Waals surface area contributed by atoms with Crippen molar-refractivity contribution in [1.29, 1.82) is 0 Å². The lowest BCUT2D eigenvalue weighted by Crippen LogP contribution is -2.26. The third-order valence-corrected chi connectivity index (χ3v) is 5.57. The van der Waals surface area contributed by atoms with Crippen LogP contribution in [-0.4, -0.2) is 44.5 Å². The molecule has 0 aliphatic carbocycles. The fraction of sp³-hybridized carbons (Fsp3) is 0.217. The first-order valence-corrected chi connectivity index (χ1v) is 11.9. The Hall–Kier alpha value is -3.07. The van der Waals surface area contributed by atoms with E-state index in [1.807, 2.05) is 30.3 Å². The molecule has 1 unspecified atom stereocenters. The summed E-state index contributed by atoms with van der Waals surface area (Å²) in [4.78, 5) is 3.40. The fourth-order valence-electron chi connectivity index (χ4n) is 3.59. The van der Waals surface area contributed by atoms with Crippen molar-refractivity contribution in [2.45, 2.75) is 6.10 Å². The number of para-hydroxylation sites is 2. The monoisotopic (exact) mass is 439 g/mol. The molecule has 0 aliphatic rings. The summed E-state index contributed by atoms with van der Waals surface area (Å²) in [7, 11) is -3.42. The molecule has 0 saturated carbocycles. The second-order valence-corrected chi connectivity index (χ2v) is 9.16. The van der Waals surface area contributed by atoms with Crippen LogP contribution in [0.25, 0.3) is 21.8 Å². The third-order valence-electron chi connectivity index (χ3n) is 4.98. The van der Waals surface area contributed by atoms with Gasteiger partial charge in [-0.05, 0) is 24.3 Å². The molecule has 0 saturated heterocycles. The number of sulfonamides is 1. The Morgan fingerprint density at radius 1 is 1.00 bits per heavy atom. The number of aromatic amines is 1. The molecule has 0 aliphatic heterocycles. The number of aliphatic hydroxyl groups is 1. The van der Waals surface area contributed by atoms with Gasteiger partial charge in [0.15, 0.2) is 0 Å². The van der Waals surface area contributed by atoms with E-state index in [4.69, 9.17) is 4.74 Å².